The first-order valence-electron chi connectivity index (χ1n) is 27.6. The normalized spacial score (nSPS) is 10.8. The molecule has 0 bridgehead atoms. The zero-order chi connectivity index (χ0) is 72.4. The van der Waals surface area contributed by atoms with Crippen LogP contribution in [0.1, 0.15) is 22.8 Å². The van der Waals surface area contributed by atoms with E-state index in [1.165, 1.54) is 48.6 Å². The van der Waals surface area contributed by atoms with Crippen LogP contribution in [0.25, 0.3) is 38.2 Å². The number of amides is 4. The number of thiazole rings is 1. The van der Waals surface area contributed by atoms with Crippen LogP contribution in [-0.2, 0) is 19.2 Å². The summed E-state index contributed by atoms with van der Waals surface area (Å²) in [6, 6.07) is 15.4. The van der Waals surface area contributed by atoms with Crippen LogP contribution < -0.4 is 66.7 Å². The van der Waals surface area contributed by atoms with E-state index >= 15 is 0 Å². The summed E-state index contributed by atoms with van der Waals surface area (Å²) in [6.45, 7) is 6.80. The number of hydrogen-bond acceptors (Lipinski definition) is 35. The van der Waals surface area contributed by atoms with Crippen molar-refractivity contribution < 1.29 is 19.2 Å². The van der Waals surface area contributed by atoms with E-state index in [1.54, 1.807) is 79.5 Å². The molecule has 0 aliphatic carbocycles. The summed E-state index contributed by atoms with van der Waals surface area (Å²) in [5, 5.41) is 53.7. The van der Waals surface area contributed by atoms with E-state index in [4.69, 9.17) is 6.57 Å². The van der Waals surface area contributed by atoms with Crippen LogP contribution in [0.5, 0.6) is 0 Å². The van der Waals surface area contributed by atoms with E-state index in [9.17, 15) is 57.5 Å². The van der Waals surface area contributed by atoms with Gasteiger partial charge in [0.15, 0.2) is 25.9 Å². The molecule has 516 valence electrons. The lowest BCUT2D eigenvalue weighted by atomic mass is 10.2. The maximum absolute atomic E-state index is 11.7. The van der Waals surface area contributed by atoms with Crippen LogP contribution in [0.3, 0.4) is 0 Å². The number of nitrogens with one attached hydrogen (secondary N) is 13. The number of aromatic nitrogens is 23. The Kier molecular flexibility index (Phi) is 28.2. The minimum Gasteiger partial charge on any atom is -0.272 e. The van der Waals surface area contributed by atoms with Gasteiger partial charge in [0.2, 0.25) is 35.1 Å². The minimum absolute atomic E-state index is 0.0110. The number of carbonyl (C=O) groups excluding carboxylic acids is 4. The molecule has 102 heavy (non-hydrogen) atoms. The summed E-state index contributed by atoms with van der Waals surface area (Å²) in [5.41, 5.74) is 8.49. The number of hydrazone groups is 4. The summed E-state index contributed by atoms with van der Waals surface area (Å²) >= 11 is 4.98. The standard InChI is InChI=1S/C15H12N8O3S.C14H11N7O3S2.C12H10N10O3S.C12H9N7O3S/c24-11(8-27-14-13(25)20-15(26)23-22-14)21-19-7-10-3-2-9(6-18-10)12-16-4-1-5-17-12;22-10(7-26-13-11(23)18-14(24)21-20-13)19-17-6-9-2-1-8(5-16-9)12-15-3-4-25-12;23-8(5-26-11-10(24)15-12(25)20-19-11)16-14-4-7-2-1-6(3-13-7)9-17-21-22-18-9;1-13-7-2-3-8(14-4-7)5-15-17-9(20)6-23-11-10(21)16-12(22)19-18-11/h1-7H,8H2,(H,21,24)(H2,20,23,25,26);1-6H,7H2,(H,19,22)(H2,18,21,23,24);1-4H,5H2,(H,16,23)(H2,15,20,24,25)(H,17,18,21,22);2-5H,6H2,(H,17,20)(H2,16,19,21,22)/b19-7+;17-6+;14-4+;15-5+. The average Bonchev–Trinajstić information content (AvgIpc) is 1.73. The predicted octanol–water partition coefficient (Wildman–Crippen LogP) is -2.31. The van der Waals surface area contributed by atoms with Gasteiger partial charge in [-0.05, 0) is 53.7 Å². The monoisotopic (exact) mass is 1480 g/mol. The van der Waals surface area contributed by atoms with Gasteiger partial charge in [-0.1, -0.05) is 53.1 Å². The van der Waals surface area contributed by atoms with Gasteiger partial charge in [-0.3, -0.25) is 78.2 Å². The fourth-order valence-electron chi connectivity index (χ4n) is 6.56. The van der Waals surface area contributed by atoms with Gasteiger partial charge < -0.3 is 0 Å². The Labute approximate surface area is 584 Å². The molecule has 0 fully saturated rings. The second-order valence-electron chi connectivity index (χ2n) is 18.2. The number of rotatable bonds is 23. The molecule has 44 nitrogen and oxygen atoms in total. The average molecular weight is 1480 g/mol. The van der Waals surface area contributed by atoms with E-state index < -0.39 is 68.6 Å². The largest absolute Gasteiger partial charge is 0.342 e. The molecule has 0 saturated carbocycles. The van der Waals surface area contributed by atoms with Crippen molar-refractivity contribution >= 4 is 113 Å². The third-order valence-electron chi connectivity index (χ3n) is 11.0. The third kappa shape index (κ3) is 25.0. The quantitative estimate of drug-likeness (QED) is 0.0139. The molecule has 0 atom stereocenters. The Morgan fingerprint density at radius 1 is 0.441 bits per heavy atom. The van der Waals surface area contributed by atoms with Gasteiger partial charge in [-0.15, -0.1) is 21.5 Å². The molecule has 11 heterocycles. The minimum atomic E-state index is -0.717. The molecule has 0 aliphatic heterocycles. The topological polar surface area (TPSA) is 629 Å². The van der Waals surface area contributed by atoms with Crippen LogP contribution in [0, 0.1) is 6.57 Å². The lowest BCUT2D eigenvalue weighted by Crippen LogP contribution is -2.26. The van der Waals surface area contributed by atoms with Gasteiger partial charge in [0.25, 0.3) is 22.2 Å². The van der Waals surface area contributed by atoms with Crippen molar-refractivity contribution in [2.45, 2.75) is 20.1 Å². The fraction of sp³-hybridized carbons (Fsp3) is 0.0755. The maximum Gasteiger partial charge on any atom is 0.342 e. The second kappa shape index (κ2) is 38.9. The van der Waals surface area contributed by atoms with Gasteiger partial charge in [0, 0.05) is 65.4 Å². The van der Waals surface area contributed by atoms with E-state index in [0.717, 1.165) is 63.2 Å². The molecule has 49 heteroatoms. The van der Waals surface area contributed by atoms with Crippen LogP contribution >= 0.6 is 58.4 Å². The fourth-order valence-corrected chi connectivity index (χ4v) is 9.69. The van der Waals surface area contributed by atoms with Gasteiger partial charge >= 0.3 is 22.8 Å². The van der Waals surface area contributed by atoms with Crippen molar-refractivity contribution in [2.24, 2.45) is 20.4 Å². The van der Waals surface area contributed by atoms with Gasteiger partial charge in [0.05, 0.1) is 77.2 Å². The van der Waals surface area contributed by atoms with Crippen LogP contribution in [0.15, 0.2) is 182 Å². The van der Waals surface area contributed by atoms with Crippen molar-refractivity contribution in [2.75, 3.05) is 23.0 Å². The third-order valence-corrected chi connectivity index (χ3v) is 15.6. The molecular weight excluding hydrogens is 1440 g/mol. The number of tetrazole rings is 1. The number of nitrogens with zero attached hydrogens (tertiary/aromatic N) is 19. The Hall–Kier alpha value is -13.7. The predicted molar refractivity (Wildman–Crippen MR) is 366 cm³/mol. The Bertz CT molecular complexity index is 5150. The maximum atomic E-state index is 11.7. The van der Waals surface area contributed by atoms with Gasteiger partial charge in [0.1, 0.15) is 5.01 Å². The van der Waals surface area contributed by atoms with Crippen molar-refractivity contribution in [3.63, 3.8) is 0 Å². The SMILES string of the molecule is O=C(CSc1n[nH]c(=O)[nH]c1=O)N/N=C/c1ccc(-c2ncccn2)cn1.O=C(CSc1n[nH]c(=O)[nH]c1=O)N/N=C/c1ccc(-c2nccs2)cn1.O=C(CSc1n[nH]c(=O)[nH]c1=O)N/N=C/c1ccc(-c2nn[nH]n2)cn1.[C-]#[N+]c1ccc(/C=N/NC(=O)CSc2n[nH]c(=O)[nH]c2=O)nc1. The smallest absolute Gasteiger partial charge is 0.272 e. The molecule has 0 saturated heterocycles. The van der Waals surface area contributed by atoms with Crippen molar-refractivity contribution in [1.29, 1.82) is 0 Å². The highest BCUT2D eigenvalue weighted by molar-refractivity contribution is 8.00. The van der Waals surface area contributed by atoms with Crippen LogP contribution in [-0.4, -0.2) is 188 Å². The Morgan fingerprint density at radius 2 is 0.804 bits per heavy atom. The van der Waals surface area contributed by atoms with Gasteiger partial charge in [-0.25, -0.2) is 81.1 Å². The summed E-state index contributed by atoms with van der Waals surface area (Å²) < 4.78 is 0. The highest BCUT2D eigenvalue weighted by Crippen LogP contribution is 2.21. The van der Waals surface area contributed by atoms with E-state index in [1.807, 2.05) is 31.4 Å². The second-order valence-corrected chi connectivity index (χ2v) is 22.9. The number of pyridine rings is 4. The Balaban J connectivity index is 0.000000173. The summed E-state index contributed by atoms with van der Waals surface area (Å²) in [5.74, 6) is -1.23. The molecule has 4 amide bonds. The number of aromatic amines is 9. The van der Waals surface area contributed by atoms with E-state index in [0.29, 0.717) is 45.7 Å². The summed E-state index contributed by atoms with van der Waals surface area (Å²) in [7, 11) is 0. The van der Waals surface area contributed by atoms with Crippen molar-refractivity contribution in [1.82, 2.24) is 138 Å². The zero-order valence-electron chi connectivity index (χ0n) is 50.9. The number of thioether (sulfide) groups is 4. The lowest BCUT2D eigenvalue weighted by molar-refractivity contribution is -0.119. The molecule has 0 aromatic carbocycles. The highest BCUT2D eigenvalue weighted by atomic mass is 32.2. The van der Waals surface area contributed by atoms with Gasteiger partial charge in [-0.2, -0.15) is 46.0 Å². The first kappa shape index (κ1) is 74.1. The first-order chi connectivity index (χ1) is 49.4. The molecule has 0 aliphatic rings. The first-order valence-corrected chi connectivity index (χ1v) is 32.4. The molecular formula is C53H42N32O12S5. The van der Waals surface area contributed by atoms with Crippen molar-refractivity contribution in [3.05, 3.63) is 221 Å². The van der Waals surface area contributed by atoms with Crippen LogP contribution in [0.2, 0.25) is 0 Å². The van der Waals surface area contributed by atoms with Crippen molar-refractivity contribution in [3.8, 4) is 33.3 Å². The summed E-state index contributed by atoms with van der Waals surface area (Å²) in [6.07, 6.45) is 16.7. The van der Waals surface area contributed by atoms with Crippen LogP contribution in [0.4, 0.5) is 5.69 Å². The van der Waals surface area contributed by atoms with E-state index in [2.05, 4.69) is 143 Å². The molecule has 11 aromatic rings. The number of hydrogen-bond donors (Lipinski definition) is 13. The van der Waals surface area contributed by atoms with E-state index in [-0.39, 0.29) is 43.1 Å². The highest BCUT2D eigenvalue weighted by Gasteiger charge is 2.12. The molecule has 0 unspecified atom stereocenters. The molecule has 0 radical (unpaired) electrons. The molecule has 11 rings (SSSR count). The molecule has 13 N–H and O–H groups in total. The number of carbonyl (C=O) groups is 4. The Morgan fingerprint density at radius 3 is 1.11 bits per heavy atom. The molecule has 11 aromatic heterocycles. The number of H-pyrrole nitrogens is 9. The summed E-state index contributed by atoms with van der Waals surface area (Å²) in [4.78, 5) is 176. The zero-order valence-corrected chi connectivity index (χ0v) is 55.0. The molecule has 0 spiro atoms. The lowest BCUT2D eigenvalue weighted by Gasteiger charge is -2.00.